The molecule has 2 aliphatic rings. The summed E-state index contributed by atoms with van der Waals surface area (Å²) in [7, 11) is 0. The summed E-state index contributed by atoms with van der Waals surface area (Å²) in [5, 5.41) is 13.1. The first kappa shape index (κ1) is 20.8. The Hall–Kier alpha value is -2.48. The van der Waals surface area contributed by atoms with Gasteiger partial charge in [0.25, 0.3) is 11.7 Å². The number of thiophene rings is 1. The number of likely N-dealkylation sites (tertiary alicyclic amines) is 1. The molecule has 1 aromatic carbocycles. The van der Waals surface area contributed by atoms with Crippen LogP contribution < -0.4 is 0 Å². The van der Waals surface area contributed by atoms with Crippen molar-refractivity contribution in [3.05, 3.63) is 62.9 Å². The summed E-state index contributed by atoms with van der Waals surface area (Å²) < 4.78 is 5.39. The second-order valence-electron chi connectivity index (χ2n) is 7.78. The Morgan fingerprint density at radius 2 is 1.93 bits per heavy atom. The zero-order valence-corrected chi connectivity index (χ0v) is 18.1. The Bertz CT molecular complexity index is 977. The van der Waals surface area contributed by atoms with E-state index in [0.717, 1.165) is 29.1 Å². The number of morpholine rings is 1. The summed E-state index contributed by atoms with van der Waals surface area (Å²) in [6, 6.07) is 8.99. The van der Waals surface area contributed by atoms with E-state index < -0.39 is 17.7 Å². The number of aliphatic hydroxyl groups excluding tert-OH is 1. The molecule has 2 saturated heterocycles. The normalized spacial score (nSPS) is 22.1. The minimum Gasteiger partial charge on any atom is -0.507 e. The second kappa shape index (κ2) is 8.71. The molecule has 6 nitrogen and oxygen atoms in total. The largest absolute Gasteiger partial charge is 0.507 e. The van der Waals surface area contributed by atoms with Crippen LogP contribution in [-0.4, -0.2) is 66.0 Å². The van der Waals surface area contributed by atoms with Crippen molar-refractivity contribution in [2.75, 3.05) is 39.4 Å². The van der Waals surface area contributed by atoms with Gasteiger partial charge in [0.2, 0.25) is 0 Å². The van der Waals surface area contributed by atoms with Crippen LogP contribution in [0.25, 0.3) is 5.76 Å². The quantitative estimate of drug-likeness (QED) is 0.452. The Morgan fingerprint density at radius 3 is 2.63 bits per heavy atom. The molecular weight excluding hydrogens is 400 g/mol. The lowest BCUT2D eigenvalue weighted by molar-refractivity contribution is -0.140. The van der Waals surface area contributed by atoms with Gasteiger partial charge in [0.1, 0.15) is 5.76 Å². The smallest absolute Gasteiger partial charge is 0.295 e. The maximum absolute atomic E-state index is 13.0. The van der Waals surface area contributed by atoms with Crippen molar-refractivity contribution in [3.63, 3.8) is 0 Å². The highest BCUT2D eigenvalue weighted by atomic mass is 32.1. The average Bonchev–Trinajstić information content (AvgIpc) is 3.36. The SMILES string of the molecule is Cc1ccc(C)c(C(O)=C2C(=O)C(=O)N(CCN3CCOCC3)C2c2cccs2)c1. The van der Waals surface area contributed by atoms with Crippen LogP contribution in [0.4, 0.5) is 0 Å². The minimum atomic E-state index is -0.617. The molecular formula is C23H26N2O4S. The van der Waals surface area contributed by atoms with Crippen LogP contribution in [0.2, 0.25) is 0 Å². The number of carbonyl (C=O) groups excluding carboxylic acids is 2. The van der Waals surface area contributed by atoms with Gasteiger partial charge in [-0.2, -0.15) is 0 Å². The molecule has 2 fully saturated rings. The zero-order chi connectivity index (χ0) is 21.3. The van der Waals surface area contributed by atoms with Gasteiger partial charge in [-0.05, 0) is 36.9 Å². The fraction of sp³-hybridized carbons (Fsp3) is 0.391. The van der Waals surface area contributed by atoms with Gasteiger partial charge in [0, 0.05) is 36.6 Å². The molecule has 0 radical (unpaired) electrons. The van der Waals surface area contributed by atoms with Crippen LogP contribution in [0.5, 0.6) is 0 Å². The fourth-order valence-corrected chi connectivity index (χ4v) is 4.91. The van der Waals surface area contributed by atoms with Crippen LogP contribution in [0.15, 0.2) is 41.3 Å². The molecule has 4 rings (SSSR count). The van der Waals surface area contributed by atoms with E-state index in [9.17, 15) is 14.7 Å². The summed E-state index contributed by atoms with van der Waals surface area (Å²) in [4.78, 5) is 30.7. The molecule has 0 aliphatic carbocycles. The minimum absolute atomic E-state index is 0.0955. The number of ketones is 1. The summed E-state index contributed by atoms with van der Waals surface area (Å²) in [5.74, 6) is -1.26. The number of aryl methyl sites for hydroxylation is 2. The van der Waals surface area contributed by atoms with Crippen molar-refractivity contribution in [1.29, 1.82) is 0 Å². The first-order chi connectivity index (χ1) is 14.5. The molecule has 1 aromatic heterocycles. The topological polar surface area (TPSA) is 70.1 Å². The fourth-order valence-electron chi connectivity index (χ4n) is 4.06. The molecule has 158 valence electrons. The van der Waals surface area contributed by atoms with Gasteiger partial charge in [0.15, 0.2) is 0 Å². The van der Waals surface area contributed by atoms with Crippen LogP contribution in [0, 0.1) is 13.8 Å². The molecule has 30 heavy (non-hydrogen) atoms. The standard InChI is InChI=1S/C23H26N2O4S/c1-15-5-6-16(2)17(14-15)21(26)19-20(18-4-3-13-30-18)25(23(28)22(19)27)8-7-24-9-11-29-12-10-24/h3-6,13-14,20,26H,7-12H2,1-2H3. The third-order valence-electron chi connectivity index (χ3n) is 5.76. The lowest BCUT2D eigenvalue weighted by Gasteiger charge is -2.30. The maximum Gasteiger partial charge on any atom is 0.295 e. The van der Waals surface area contributed by atoms with E-state index in [0.29, 0.717) is 31.9 Å². The van der Waals surface area contributed by atoms with E-state index in [1.54, 1.807) is 4.90 Å². The van der Waals surface area contributed by atoms with E-state index in [4.69, 9.17) is 4.74 Å². The number of benzene rings is 1. The predicted molar refractivity (Wildman–Crippen MR) is 117 cm³/mol. The Labute approximate surface area is 180 Å². The lowest BCUT2D eigenvalue weighted by atomic mass is 9.96. The highest BCUT2D eigenvalue weighted by Gasteiger charge is 2.46. The Kier molecular flexibility index (Phi) is 6.04. The number of amides is 1. The summed E-state index contributed by atoms with van der Waals surface area (Å²) in [6.45, 7) is 7.92. The van der Waals surface area contributed by atoms with E-state index >= 15 is 0 Å². The Morgan fingerprint density at radius 1 is 1.17 bits per heavy atom. The van der Waals surface area contributed by atoms with Crippen molar-refractivity contribution in [1.82, 2.24) is 9.80 Å². The average molecular weight is 427 g/mol. The van der Waals surface area contributed by atoms with Crippen LogP contribution in [-0.2, 0) is 14.3 Å². The van der Waals surface area contributed by atoms with Crippen molar-refractivity contribution in [3.8, 4) is 0 Å². The van der Waals surface area contributed by atoms with E-state index in [-0.39, 0.29) is 11.3 Å². The van der Waals surface area contributed by atoms with Crippen LogP contribution in [0.3, 0.4) is 0 Å². The first-order valence-corrected chi connectivity index (χ1v) is 11.0. The highest BCUT2D eigenvalue weighted by Crippen LogP contribution is 2.41. The number of hydrogen-bond donors (Lipinski definition) is 1. The molecule has 2 aromatic rings. The molecule has 1 N–H and O–H groups in total. The molecule has 1 unspecified atom stereocenters. The molecule has 1 atom stereocenters. The number of aliphatic hydroxyl groups is 1. The maximum atomic E-state index is 13.0. The van der Waals surface area contributed by atoms with Gasteiger partial charge in [-0.15, -0.1) is 11.3 Å². The highest BCUT2D eigenvalue weighted by molar-refractivity contribution is 7.10. The van der Waals surface area contributed by atoms with Crippen LogP contribution in [0.1, 0.15) is 27.6 Å². The molecule has 7 heteroatoms. The van der Waals surface area contributed by atoms with E-state index in [1.807, 2.05) is 49.6 Å². The summed E-state index contributed by atoms with van der Waals surface area (Å²) >= 11 is 1.49. The third kappa shape index (κ3) is 3.93. The summed E-state index contributed by atoms with van der Waals surface area (Å²) in [5.41, 5.74) is 2.62. The lowest BCUT2D eigenvalue weighted by Crippen LogP contribution is -2.42. The number of Topliss-reactive ketones (excluding diaryl/α,β-unsaturated/α-hetero) is 1. The molecule has 0 spiro atoms. The van der Waals surface area contributed by atoms with Gasteiger partial charge < -0.3 is 14.7 Å². The number of nitrogens with zero attached hydrogens (tertiary/aromatic N) is 2. The predicted octanol–water partition coefficient (Wildman–Crippen LogP) is 3.12. The molecule has 1 amide bonds. The van der Waals surface area contributed by atoms with Gasteiger partial charge in [-0.3, -0.25) is 14.5 Å². The van der Waals surface area contributed by atoms with Crippen molar-refractivity contribution < 1.29 is 19.4 Å². The van der Waals surface area contributed by atoms with Crippen molar-refractivity contribution in [2.24, 2.45) is 0 Å². The monoisotopic (exact) mass is 426 g/mol. The van der Waals surface area contributed by atoms with Gasteiger partial charge in [0.05, 0.1) is 24.8 Å². The van der Waals surface area contributed by atoms with E-state index in [1.165, 1.54) is 11.3 Å². The zero-order valence-electron chi connectivity index (χ0n) is 17.3. The van der Waals surface area contributed by atoms with Gasteiger partial charge >= 0.3 is 0 Å². The van der Waals surface area contributed by atoms with E-state index in [2.05, 4.69) is 4.90 Å². The van der Waals surface area contributed by atoms with Crippen molar-refractivity contribution >= 4 is 28.8 Å². The molecule has 0 saturated carbocycles. The molecule has 3 heterocycles. The number of carbonyl (C=O) groups is 2. The van der Waals surface area contributed by atoms with Gasteiger partial charge in [-0.25, -0.2) is 0 Å². The third-order valence-corrected chi connectivity index (χ3v) is 6.69. The number of hydrogen-bond acceptors (Lipinski definition) is 6. The Balaban J connectivity index is 1.73. The summed E-state index contributed by atoms with van der Waals surface area (Å²) in [6.07, 6.45) is 0. The number of ether oxygens (including phenoxy) is 1. The van der Waals surface area contributed by atoms with Crippen LogP contribution >= 0.6 is 11.3 Å². The second-order valence-corrected chi connectivity index (χ2v) is 8.76. The molecule has 0 bridgehead atoms. The number of rotatable bonds is 5. The first-order valence-electron chi connectivity index (χ1n) is 10.2. The van der Waals surface area contributed by atoms with Gasteiger partial charge in [-0.1, -0.05) is 23.8 Å². The molecule has 2 aliphatic heterocycles. The van der Waals surface area contributed by atoms with Crippen molar-refractivity contribution in [2.45, 2.75) is 19.9 Å².